The maximum atomic E-state index is 13.0. The summed E-state index contributed by atoms with van der Waals surface area (Å²) in [5.41, 5.74) is 0.279. The molecule has 1 aromatic carbocycles. The molecule has 0 radical (unpaired) electrons. The number of carbonyl (C=O) groups is 2. The van der Waals surface area contributed by atoms with Crippen LogP contribution in [0.1, 0.15) is 32.6 Å². The second kappa shape index (κ2) is 6.50. The first-order valence-corrected chi connectivity index (χ1v) is 6.93. The van der Waals surface area contributed by atoms with Crippen molar-refractivity contribution in [1.29, 1.82) is 0 Å². The van der Waals surface area contributed by atoms with E-state index in [1.54, 1.807) is 0 Å². The molecule has 1 aliphatic carbocycles. The summed E-state index contributed by atoms with van der Waals surface area (Å²) in [7, 11) is 0. The molecule has 2 amide bonds. The lowest BCUT2D eigenvalue weighted by Gasteiger charge is -2.29. The average molecular weight is 278 g/mol. The van der Waals surface area contributed by atoms with Gasteiger partial charge < -0.3 is 10.6 Å². The van der Waals surface area contributed by atoms with Gasteiger partial charge in [0.15, 0.2) is 0 Å². The van der Waals surface area contributed by atoms with Crippen molar-refractivity contribution in [2.45, 2.75) is 38.6 Å². The number of amides is 2. The summed E-state index contributed by atoms with van der Waals surface area (Å²) in [6.45, 7) is 2.08. The first-order valence-electron chi connectivity index (χ1n) is 6.93. The Morgan fingerprint density at radius 1 is 1.20 bits per heavy atom. The second-order valence-electron chi connectivity index (χ2n) is 5.31. The smallest absolute Gasteiger partial charge is 0.313 e. The van der Waals surface area contributed by atoms with Crippen molar-refractivity contribution in [2.24, 2.45) is 5.92 Å². The lowest BCUT2D eigenvalue weighted by Crippen LogP contribution is -2.45. The van der Waals surface area contributed by atoms with E-state index >= 15 is 0 Å². The van der Waals surface area contributed by atoms with Crippen molar-refractivity contribution in [3.05, 3.63) is 30.1 Å². The van der Waals surface area contributed by atoms with Crippen LogP contribution in [0.4, 0.5) is 10.1 Å². The molecule has 0 aliphatic heterocycles. The highest BCUT2D eigenvalue weighted by Crippen LogP contribution is 2.23. The van der Waals surface area contributed by atoms with Gasteiger partial charge in [-0.05, 0) is 37.0 Å². The molecular formula is C15H19FN2O2. The van der Waals surface area contributed by atoms with Crippen molar-refractivity contribution >= 4 is 17.5 Å². The van der Waals surface area contributed by atoms with Crippen LogP contribution in [0.2, 0.25) is 0 Å². The molecule has 0 spiro atoms. The minimum atomic E-state index is -0.756. The molecule has 0 aromatic heterocycles. The summed E-state index contributed by atoms with van der Waals surface area (Å²) in [6.07, 6.45) is 4.21. The highest BCUT2D eigenvalue weighted by atomic mass is 19.1. The van der Waals surface area contributed by atoms with Crippen molar-refractivity contribution in [1.82, 2.24) is 5.32 Å². The molecule has 4 nitrogen and oxygen atoms in total. The first kappa shape index (κ1) is 14.5. The molecule has 1 saturated carbocycles. The van der Waals surface area contributed by atoms with Crippen molar-refractivity contribution in [2.75, 3.05) is 5.32 Å². The van der Waals surface area contributed by atoms with Gasteiger partial charge in [0.2, 0.25) is 0 Å². The summed E-state index contributed by atoms with van der Waals surface area (Å²) in [5, 5.41) is 5.15. The molecular weight excluding hydrogens is 259 g/mol. The van der Waals surface area contributed by atoms with E-state index in [2.05, 4.69) is 17.6 Å². The van der Waals surface area contributed by atoms with Gasteiger partial charge in [0.05, 0.1) is 0 Å². The third-order valence-corrected chi connectivity index (χ3v) is 3.72. The summed E-state index contributed by atoms with van der Waals surface area (Å²) >= 11 is 0. The number of nitrogens with one attached hydrogen (secondary N) is 2. The number of hydrogen-bond acceptors (Lipinski definition) is 2. The van der Waals surface area contributed by atoms with Gasteiger partial charge in [-0.2, -0.15) is 0 Å². The van der Waals surface area contributed by atoms with E-state index in [-0.39, 0.29) is 11.7 Å². The Labute approximate surface area is 117 Å². The SMILES string of the molecule is C[C@H]1CCCC[C@H]1NC(=O)C(=O)Nc1cccc(F)c1. The van der Waals surface area contributed by atoms with E-state index in [0.717, 1.165) is 19.3 Å². The Morgan fingerprint density at radius 2 is 1.95 bits per heavy atom. The van der Waals surface area contributed by atoms with Crippen LogP contribution >= 0.6 is 0 Å². The maximum absolute atomic E-state index is 13.0. The van der Waals surface area contributed by atoms with Gasteiger partial charge in [-0.15, -0.1) is 0 Å². The third-order valence-electron chi connectivity index (χ3n) is 3.72. The van der Waals surface area contributed by atoms with Gasteiger partial charge in [-0.25, -0.2) is 4.39 Å². The molecule has 0 unspecified atom stereocenters. The quantitative estimate of drug-likeness (QED) is 0.816. The molecule has 0 saturated heterocycles. The standard InChI is InChI=1S/C15H19FN2O2/c1-10-5-2-3-8-13(10)18-15(20)14(19)17-12-7-4-6-11(16)9-12/h4,6-7,9-10,13H,2-3,5,8H2,1H3,(H,17,19)(H,18,20)/t10-,13+/m0/s1. The van der Waals surface area contributed by atoms with Crippen molar-refractivity contribution in [3.63, 3.8) is 0 Å². The first-order chi connectivity index (χ1) is 9.56. The van der Waals surface area contributed by atoms with E-state index in [0.29, 0.717) is 5.92 Å². The van der Waals surface area contributed by atoms with E-state index in [1.165, 1.54) is 30.7 Å². The van der Waals surface area contributed by atoms with E-state index in [9.17, 15) is 14.0 Å². The van der Waals surface area contributed by atoms with Gasteiger partial charge in [-0.3, -0.25) is 9.59 Å². The fraction of sp³-hybridized carbons (Fsp3) is 0.467. The summed E-state index contributed by atoms with van der Waals surface area (Å²) in [4.78, 5) is 23.6. The Morgan fingerprint density at radius 3 is 2.65 bits per heavy atom. The van der Waals surface area contributed by atoms with Crippen LogP contribution in [-0.4, -0.2) is 17.9 Å². The number of hydrogen-bond donors (Lipinski definition) is 2. The summed E-state index contributed by atoms with van der Waals surface area (Å²) in [6, 6.07) is 5.52. The minimum Gasteiger partial charge on any atom is -0.345 e. The number of carbonyl (C=O) groups excluding carboxylic acids is 2. The monoisotopic (exact) mass is 278 g/mol. The van der Waals surface area contributed by atoms with Crippen molar-refractivity contribution < 1.29 is 14.0 Å². The number of rotatable bonds is 2. The van der Waals surface area contributed by atoms with E-state index < -0.39 is 17.6 Å². The summed E-state index contributed by atoms with van der Waals surface area (Å²) < 4.78 is 13.0. The van der Waals surface area contributed by atoms with Crippen LogP contribution in [0.15, 0.2) is 24.3 Å². The minimum absolute atomic E-state index is 0.0505. The lowest BCUT2D eigenvalue weighted by molar-refractivity contribution is -0.137. The molecule has 2 N–H and O–H groups in total. The molecule has 0 bridgehead atoms. The zero-order chi connectivity index (χ0) is 14.5. The summed E-state index contributed by atoms with van der Waals surface area (Å²) in [5.74, 6) is -1.49. The molecule has 1 aromatic rings. The number of anilines is 1. The van der Waals surface area contributed by atoms with Gasteiger partial charge in [-0.1, -0.05) is 25.8 Å². The van der Waals surface area contributed by atoms with Gasteiger partial charge in [0.25, 0.3) is 0 Å². The van der Waals surface area contributed by atoms with Gasteiger partial charge in [0.1, 0.15) is 5.82 Å². The topological polar surface area (TPSA) is 58.2 Å². The lowest BCUT2D eigenvalue weighted by atomic mass is 9.86. The van der Waals surface area contributed by atoms with Crippen LogP contribution in [-0.2, 0) is 9.59 Å². The molecule has 1 fully saturated rings. The predicted molar refractivity (Wildman–Crippen MR) is 74.6 cm³/mol. The molecule has 5 heteroatoms. The Balaban J connectivity index is 1.90. The molecule has 0 heterocycles. The predicted octanol–water partition coefficient (Wildman–Crippen LogP) is 2.46. The Bertz CT molecular complexity index is 504. The van der Waals surface area contributed by atoms with Crippen LogP contribution in [0.25, 0.3) is 0 Å². The van der Waals surface area contributed by atoms with E-state index in [4.69, 9.17) is 0 Å². The van der Waals surface area contributed by atoms with Gasteiger partial charge >= 0.3 is 11.8 Å². The van der Waals surface area contributed by atoms with Crippen molar-refractivity contribution in [3.8, 4) is 0 Å². The van der Waals surface area contributed by atoms with Crippen LogP contribution in [0, 0.1) is 11.7 Å². The van der Waals surface area contributed by atoms with E-state index in [1.807, 2.05) is 0 Å². The molecule has 20 heavy (non-hydrogen) atoms. The fourth-order valence-electron chi connectivity index (χ4n) is 2.52. The normalized spacial score (nSPS) is 22.1. The fourth-order valence-corrected chi connectivity index (χ4v) is 2.52. The largest absolute Gasteiger partial charge is 0.345 e. The molecule has 108 valence electrons. The molecule has 1 aliphatic rings. The number of benzene rings is 1. The average Bonchev–Trinajstić information content (AvgIpc) is 2.41. The van der Waals surface area contributed by atoms with Crippen LogP contribution in [0.5, 0.6) is 0 Å². The maximum Gasteiger partial charge on any atom is 0.313 e. The molecule has 2 atom stereocenters. The zero-order valence-corrected chi connectivity index (χ0v) is 11.5. The Kier molecular flexibility index (Phi) is 4.71. The zero-order valence-electron chi connectivity index (χ0n) is 11.5. The third kappa shape index (κ3) is 3.79. The number of halogens is 1. The van der Waals surface area contributed by atoms with Crippen LogP contribution in [0.3, 0.4) is 0 Å². The second-order valence-corrected chi connectivity index (χ2v) is 5.31. The highest BCUT2D eigenvalue weighted by Gasteiger charge is 2.25. The van der Waals surface area contributed by atoms with Gasteiger partial charge in [0, 0.05) is 11.7 Å². The Hall–Kier alpha value is -1.91. The molecule has 2 rings (SSSR count). The van der Waals surface area contributed by atoms with Crippen LogP contribution < -0.4 is 10.6 Å². The highest BCUT2D eigenvalue weighted by molar-refractivity contribution is 6.39.